The van der Waals surface area contributed by atoms with E-state index in [1.54, 1.807) is 23.0 Å². The Hall–Kier alpha value is -1.38. The third kappa shape index (κ3) is 4.13. The summed E-state index contributed by atoms with van der Waals surface area (Å²) in [6, 6.07) is 0. The topological polar surface area (TPSA) is 73.2 Å². The molecule has 26 heavy (non-hydrogen) atoms. The van der Waals surface area contributed by atoms with E-state index in [1.165, 1.54) is 28.6 Å². The predicted molar refractivity (Wildman–Crippen MR) is 106 cm³/mol. The van der Waals surface area contributed by atoms with Crippen molar-refractivity contribution in [2.24, 2.45) is 0 Å². The Morgan fingerprint density at radius 1 is 1.38 bits per heavy atom. The van der Waals surface area contributed by atoms with Crippen molar-refractivity contribution >= 4 is 39.2 Å². The van der Waals surface area contributed by atoms with Gasteiger partial charge in [-0.2, -0.15) is 0 Å². The Kier molecular flexibility index (Phi) is 6.72. The van der Waals surface area contributed by atoms with Crippen LogP contribution in [0, 0.1) is 0 Å². The summed E-state index contributed by atoms with van der Waals surface area (Å²) in [7, 11) is 1.64. The number of hydrogen-bond acceptors (Lipinski definition) is 6. The average Bonchev–Trinajstić information content (AvgIpc) is 3.02. The van der Waals surface area contributed by atoms with Crippen molar-refractivity contribution in [3.63, 3.8) is 0 Å². The number of methoxy groups -OCH3 is 1. The van der Waals surface area contributed by atoms with E-state index in [0.29, 0.717) is 24.9 Å². The molecule has 2 aromatic heterocycles. The van der Waals surface area contributed by atoms with Gasteiger partial charge in [0.2, 0.25) is 5.91 Å². The number of rotatable bonds is 8. The lowest BCUT2D eigenvalue weighted by Gasteiger charge is -2.12. The minimum atomic E-state index is -0.0476. The van der Waals surface area contributed by atoms with Crippen LogP contribution in [-0.2, 0) is 28.9 Å². The second-order valence-electron chi connectivity index (χ2n) is 6.32. The number of hydrogen-bond donors (Lipinski definition) is 1. The summed E-state index contributed by atoms with van der Waals surface area (Å²) < 4.78 is 6.67. The Balaban J connectivity index is 1.78. The first kappa shape index (κ1) is 19.4. The van der Waals surface area contributed by atoms with Crippen LogP contribution in [0.2, 0.25) is 0 Å². The Labute approximate surface area is 161 Å². The lowest BCUT2D eigenvalue weighted by molar-refractivity contribution is -0.118. The van der Waals surface area contributed by atoms with Gasteiger partial charge in [-0.1, -0.05) is 11.8 Å². The fourth-order valence-corrected chi connectivity index (χ4v) is 5.43. The van der Waals surface area contributed by atoms with Gasteiger partial charge in [0.15, 0.2) is 5.16 Å². The monoisotopic (exact) mass is 395 g/mol. The average molecular weight is 396 g/mol. The van der Waals surface area contributed by atoms with Crippen molar-refractivity contribution in [2.45, 2.75) is 50.7 Å². The van der Waals surface area contributed by atoms with Crippen molar-refractivity contribution in [2.75, 3.05) is 26.0 Å². The minimum absolute atomic E-state index is 0.0416. The highest BCUT2D eigenvalue weighted by Crippen LogP contribution is 2.34. The van der Waals surface area contributed by atoms with Crippen LogP contribution in [0.4, 0.5) is 0 Å². The first-order valence-electron chi connectivity index (χ1n) is 9.09. The fourth-order valence-electron chi connectivity index (χ4n) is 3.23. The van der Waals surface area contributed by atoms with Crippen LogP contribution in [0.15, 0.2) is 9.95 Å². The van der Waals surface area contributed by atoms with Gasteiger partial charge in [-0.3, -0.25) is 14.2 Å². The lowest BCUT2D eigenvalue weighted by atomic mass is 9.97. The van der Waals surface area contributed by atoms with Gasteiger partial charge >= 0.3 is 0 Å². The SMILES string of the molecule is CCn1c(SCC(=O)NCCCOC)nc2sc3c(c2c1=O)CCCC3. The first-order chi connectivity index (χ1) is 12.7. The molecule has 6 nitrogen and oxygen atoms in total. The summed E-state index contributed by atoms with van der Waals surface area (Å²) in [6.07, 6.45) is 5.15. The zero-order valence-electron chi connectivity index (χ0n) is 15.3. The Morgan fingerprint density at radius 3 is 2.96 bits per heavy atom. The molecule has 0 fully saturated rings. The largest absolute Gasteiger partial charge is 0.385 e. The van der Waals surface area contributed by atoms with E-state index in [4.69, 9.17) is 9.72 Å². The fraction of sp³-hybridized carbons (Fsp3) is 0.611. The molecule has 0 atom stereocenters. The molecule has 2 aromatic rings. The molecule has 1 aliphatic rings. The molecule has 0 aliphatic heterocycles. The van der Waals surface area contributed by atoms with Gasteiger partial charge in [0.1, 0.15) is 4.83 Å². The van der Waals surface area contributed by atoms with Crippen LogP contribution in [0.3, 0.4) is 0 Å². The molecule has 0 aromatic carbocycles. The highest BCUT2D eigenvalue weighted by molar-refractivity contribution is 7.99. The number of amides is 1. The molecule has 8 heteroatoms. The molecule has 1 N–H and O–H groups in total. The number of fused-ring (bicyclic) bond motifs is 3. The number of carbonyl (C=O) groups excluding carboxylic acids is 1. The first-order valence-corrected chi connectivity index (χ1v) is 10.9. The van der Waals surface area contributed by atoms with E-state index in [2.05, 4.69) is 5.32 Å². The standard InChI is InChI=1S/C18H25N3O3S2/c1-3-21-17(23)15-12-7-4-5-8-13(12)26-16(15)20-18(21)25-11-14(22)19-9-6-10-24-2/h3-11H2,1-2H3,(H,19,22). The molecule has 1 amide bonds. The highest BCUT2D eigenvalue weighted by atomic mass is 32.2. The quantitative estimate of drug-likeness (QED) is 0.423. The predicted octanol–water partition coefficient (Wildman–Crippen LogP) is 2.60. The number of ether oxygens (including phenoxy) is 1. The summed E-state index contributed by atoms with van der Waals surface area (Å²) in [5.41, 5.74) is 1.25. The zero-order chi connectivity index (χ0) is 18.5. The summed E-state index contributed by atoms with van der Waals surface area (Å²) in [4.78, 5) is 31.9. The molecule has 0 bridgehead atoms. The maximum absolute atomic E-state index is 13.0. The molecule has 0 spiro atoms. The smallest absolute Gasteiger partial charge is 0.263 e. The third-order valence-electron chi connectivity index (χ3n) is 4.54. The van der Waals surface area contributed by atoms with E-state index in [0.717, 1.165) is 35.9 Å². The number of aromatic nitrogens is 2. The summed E-state index contributed by atoms with van der Waals surface area (Å²) in [5.74, 6) is 0.212. The maximum Gasteiger partial charge on any atom is 0.263 e. The minimum Gasteiger partial charge on any atom is -0.385 e. The second-order valence-corrected chi connectivity index (χ2v) is 8.35. The van der Waals surface area contributed by atoms with Crippen LogP contribution < -0.4 is 10.9 Å². The van der Waals surface area contributed by atoms with Crippen LogP contribution in [0.5, 0.6) is 0 Å². The number of thioether (sulfide) groups is 1. The van der Waals surface area contributed by atoms with Gasteiger partial charge in [-0.15, -0.1) is 11.3 Å². The van der Waals surface area contributed by atoms with E-state index >= 15 is 0 Å². The van der Waals surface area contributed by atoms with Gasteiger partial charge in [-0.25, -0.2) is 4.98 Å². The molecule has 0 radical (unpaired) electrons. The number of nitrogens with zero attached hydrogens (tertiary/aromatic N) is 2. The van der Waals surface area contributed by atoms with Gasteiger partial charge in [-0.05, 0) is 44.6 Å². The summed E-state index contributed by atoms with van der Waals surface area (Å²) in [5, 5.41) is 4.30. The van der Waals surface area contributed by atoms with Gasteiger partial charge in [0.25, 0.3) is 5.56 Å². The van der Waals surface area contributed by atoms with Gasteiger partial charge in [0, 0.05) is 31.7 Å². The lowest BCUT2D eigenvalue weighted by Crippen LogP contribution is -2.28. The van der Waals surface area contributed by atoms with E-state index in [9.17, 15) is 9.59 Å². The Morgan fingerprint density at radius 2 is 2.19 bits per heavy atom. The number of carbonyl (C=O) groups is 1. The van der Waals surface area contributed by atoms with Crippen LogP contribution in [0.1, 0.15) is 36.6 Å². The second kappa shape index (κ2) is 9.01. The number of nitrogens with one attached hydrogen (secondary N) is 1. The van der Waals surface area contributed by atoms with E-state index in [1.807, 2.05) is 6.92 Å². The zero-order valence-corrected chi connectivity index (χ0v) is 16.9. The summed E-state index contributed by atoms with van der Waals surface area (Å²) in [6.45, 7) is 3.73. The maximum atomic E-state index is 13.0. The normalized spacial score (nSPS) is 13.8. The Bertz CT molecular complexity index is 844. The van der Waals surface area contributed by atoms with E-state index in [-0.39, 0.29) is 17.2 Å². The molecule has 1 aliphatic carbocycles. The molecular weight excluding hydrogens is 370 g/mol. The molecule has 0 saturated carbocycles. The highest BCUT2D eigenvalue weighted by Gasteiger charge is 2.22. The van der Waals surface area contributed by atoms with Crippen molar-refractivity contribution in [3.05, 3.63) is 20.8 Å². The van der Waals surface area contributed by atoms with Crippen molar-refractivity contribution in [1.29, 1.82) is 0 Å². The molecule has 3 rings (SSSR count). The van der Waals surface area contributed by atoms with Crippen molar-refractivity contribution < 1.29 is 9.53 Å². The third-order valence-corrected chi connectivity index (χ3v) is 6.70. The number of aryl methyl sites for hydroxylation is 2. The van der Waals surface area contributed by atoms with Crippen molar-refractivity contribution in [3.8, 4) is 0 Å². The molecule has 0 saturated heterocycles. The number of thiophene rings is 1. The molecular formula is C18H25N3O3S2. The molecule has 0 unspecified atom stereocenters. The van der Waals surface area contributed by atoms with Gasteiger partial charge < -0.3 is 10.1 Å². The van der Waals surface area contributed by atoms with Crippen LogP contribution >= 0.6 is 23.1 Å². The van der Waals surface area contributed by atoms with Gasteiger partial charge in [0.05, 0.1) is 11.1 Å². The molecule has 142 valence electrons. The van der Waals surface area contributed by atoms with Crippen LogP contribution in [0.25, 0.3) is 10.2 Å². The van der Waals surface area contributed by atoms with Crippen molar-refractivity contribution in [1.82, 2.24) is 14.9 Å². The van der Waals surface area contributed by atoms with E-state index < -0.39 is 0 Å². The molecule has 2 heterocycles. The van der Waals surface area contributed by atoms with Crippen LogP contribution in [-0.4, -0.2) is 41.5 Å². The summed E-state index contributed by atoms with van der Waals surface area (Å²) >= 11 is 2.98.